The highest BCUT2D eigenvalue weighted by atomic mass is 35.5. The van der Waals surface area contributed by atoms with Crippen LogP contribution in [-0.2, 0) is 17.5 Å². The van der Waals surface area contributed by atoms with E-state index in [-0.39, 0.29) is 19.1 Å². The summed E-state index contributed by atoms with van der Waals surface area (Å²) in [5.74, 6) is 0.0898. The number of halogens is 4. The molecule has 0 spiro atoms. The molecule has 0 radical (unpaired) electrons. The van der Waals surface area contributed by atoms with Crippen molar-refractivity contribution in [1.82, 2.24) is 15.1 Å². The quantitative estimate of drug-likeness (QED) is 0.662. The van der Waals surface area contributed by atoms with Crippen LogP contribution in [0.2, 0.25) is 5.02 Å². The lowest BCUT2D eigenvalue weighted by molar-refractivity contribution is -0.141. The summed E-state index contributed by atoms with van der Waals surface area (Å²) in [4.78, 5) is 11.9. The molecule has 1 aromatic heterocycles. The summed E-state index contributed by atoms with van der Waals surface area (Å²) in [7, 11) is 0. The van der Waals surface area contributed by atoms with Crippen molar-refractivity contribution in [3.8, 4) is 11.4 Å². The number of hydrogen-bond donors (Lipinski definition) is 1. The van der Waals surface area contributed by atoms with Crippen molar-refractivity contribution in [3.05, 3.63) is 77.1 Å². The lowest BCUT2D eigenvalue weighted by Crippen LogP contribution is -2.28. The largest absolute Gasteiger partial charge is 0.482 e. The van der Waals surface area contributed by atoms with Crippen molar-refractivity contribution in [2.45, 2.75) is 12.7 Å². The van der Waals surface area contributed by atoms with E-state index in [1.54, 1.807) is 48.5 Å². The van der Waals surface area contributed by atoms with Crippen LogP contribution >= 0.6 is 11.6 Å². The first-order chi connectivity index (χ1) is 13.3. The van der Waals surface area contributed by atoms with Crippen LogP contribution in [-0.4, -0.2) is 22.3 Å². The molecule has 0 fully saturated rings. The number of hydrogen-bond acceptors (Lipinski definition) is 3. The highest BCUT2D eigenvalue weighted by Crippen LogP contribution is 2.28. The molecular formula is C19H15ClF3N3O2. The van der Waals surface area contributed by atoms with Gasteiger partial charge in [-0.15, -0.1) is 0 Å². The predicted octanol–water partition coefficient (Wildman–Crippen LogP) is 4.24. The molecule has 0 aliphatic rings. The van der Waals surface area contributed by atoms with E-state index in [4.69, 9.17) is 16.3 Å². The highest BCUT2D eigenvalue weighted by molar-refractivity contribution is 6.32. The van der Waals surface area contributed by atoms with Gasteiger partial charge in [0.25, 0.3) is 5.91 Å². The molecule has 0 atom stereocenters. The fraction of sp³-hybridized carbons (Fsp3) is 0.158. The molecule has 3 aromatic rings. The first kappa shape index (κ1) is 19.8. The Morgan fingerprint density at radius 1 is 1.11 bits per heavy atom. The number of nitrogens with one attached hydrogen (secondary N) is 1. The van der Waals surface area contributed by atoms with Gasteiger partial charge in [0.1, 0.15) is 5.75 Å². The molecule has 0 saturated carbocycles. The van der Waals surface area contributed by atoms with E-state index in [0.717, 1.165) is 16.3 Å². The average molecular weight is 410 g/mol. The second kappa shape index (κ2) is 8.35. The molecule has 3 rings (SSSR count). The maximum atomic E-state index is 12.6. The molecule has 0 unspecified atom stereocenters. The lowest BCUT2D eigenvalue weighted by Gasteiger charge is -2.09. The molecule has 2 aromatic carbocycles. The maximum Gasteiger partial charge on any atom is 0.435 e. The zero-order valence-electron chi connectivity index (χ0n) is 14.4. The number of alkyl halides is 3. The highest BCUT2D eigenvalue weighted by Gasteiger charge is 2.33. The number of ether oxygens (including phenoxy) is 1. The minimum absolute atomic E-state index is 0.185. The van der Waals surface area contributed by atoms with Gasteiger partial charge in [-0.3, -0.25) is 4.79 Å². The van der Waals surface area contributed by atoms with Crippen molar-refractivity contribution < 1.29 is 22.7 Å². The molecule has 0 saturated heterocycles. The van der Waals surface area contributed by atoms with E-state index in [1.165, 1.54) is 6.20 Å². The van der Waals surface area contributed by atoms with Crippen LogP contribution in [0.5, 0.6) is 5.75 Å². The third-order valence-corrected chi connectivity index (χ3v) is 4.08. The van der Waals surface area contributed by atoms with Gasteiger partial charge in [0.05, 0.1) is 10.7 Å². The third-order valence-electron chi connectivity index (χ3n) is 3.77. The molecule has 5 nitrogen and oxygen atoms in total. The summed E-state index contributed by atoms with van der Waals surface area (Å²) < 4.78 is 44.3. The summed E-state index contributed by atoms with van der Waals surface area (Å²) in [6.07, 6.45) is -3.24. The monoisotopic (exact) mass is 409 g/mol. The van der Waals surface area contributed by atoms with Crippen molar-refractivity contribution in [2.24, 2.45) is 0 Å². The fourth-order valence-corrected chi connectivity index (χ4v) is 2.53. The van der Waals surface area contributed by atoms with Crippen molar-refractivity contribution in [2.75, 3.05) is 6.61 Å². The standard InChI is InChI=1S/C19H15ClF3N3O2/c20-15-3-1-2-4-16(15)28-12-18(27)24-11-13-5-7-14(8-6-13)26-10-9-17(25-26)19(21,22)23/h1-10H,11-12H2,(H,24,27). The first-order valence-corrected chi connectivity index (χ1v) is 8.57. The van der Waals surface area contributed by atoms with Gasteiger partial charge >= 0.3 is 6.18 Å². The van der Waals surface area contributed by atoms with Crippen LogP contribution < -0.4 is 10.1 Å². The molecular weight excluding hydrogens is 395 g/mol. The Morgan fingerprint density at radius 3 is 2.46 bits per heavy atom. The summed E-state index contributed by atoms with van der Waals surface area (Å²) in [6, 6.07) is 14.4. The number of amides is 1. The Bertz CT molecular complexity index is 956. The van der Waals surface area contributed by atoms with Gasteiger partial charge in [0, 0.05) is 12.7 Å². The minimum atomic E-state index is -4.48. The van der Waals surface area contributed by atoms with Gasteiger partial charge in [-0.1, -0.05) is 35.9 Å². The van der Waals surface area contributed by atoms with Crippen LogP contribution in [0.4, 0.5) is 13.2 Å². The summed E-state index contributed by atoms with van der Waals surface area (Å²) in [6.45, 7) is 0.0627. The van der Waals surface area contributed by atoms with E-state index in [1.807, 2.05) is 0 Å². The number of aromatic nitrogens is 2. The summed E-state index contributed by atoms with van der Waals surface area (Å²) in [5.41, 5.74) is 0.299. The minimum Gasteiger partial charge on any atom is -0.482 e. The molecule has 28 heavy (non-hydrogen) atoms. The fourth-order valence-electron chi connectivity index (χ4n) is 2.34. The van der Waals surface area contributed by atoms with Crippen LogP contribution in [0.15, 0.2) is 60.8 Å². The van der Waals surface area contributed by atoms with Gasteiger partial charge in [0.2, 0.25) is 0 Å². The molecule has 1 amide bonds. The smallest absolute Gasteiger partial charge is 0.435 e. The lowest BCUT2D eigenvalue weighted by atomic mass is 10.2. The summed E-state index contributed by atoms with van der Waals surface area (Å²) in [5, 5.41) is 6.62. The van der Waals surface area contributed by atoms with Crippen molar-refractivity contribution >= 4 is 17.5 Å². The van der Waals surface area contributed by atoms with E-state index in [9.17, 15) is 18.0 Å². The topological polar surface area (TPSA) is 56.1 Å². The van der Waals surface area contributed by atoms with Crippen molar-refractivity contribution in [1.29, 1.82) is 0 Å². The zero-order valence-corrected chi connectivity index (χ0v) is 15.2. The second-order valence-corrected chi connectivity index (χ2v) is 6.21. The Balaban J connectivity index is 1.52. The second-order valence-electron chi connectivity index (χ2n) is 5.81. The SMILES string of the molecule is O=C(COc1ccccc1Cl)NCc1ccc(-n2ccc(C(F)(F)F)n2)cc1. The number of carbonyl (C=O) groups is 1. The van der Waals surface area contributed by atoms with Gasteiger partial charge in [-0.2, -0.15) is 18.3 Å². The van der Waals surface area contributed by atoms with Gasteiger partial charge in [-0.05, 0) is 35.9 Å². The number of carbonyl (C=O) groups excluding carboxylic acids is 1. The molecule has 1 N–H and O–H groups in total. The average Bonchev–Trinajstić information content (AvgIpc) is 3.17. The number of para-hydroxylation sites is 1. The van der Waals surface area contributed by atoms with E-state index < -0.39 is 11.9 Å². The van der Waals surface area contributed by atoms with Crippen LogP contribution in [0.3, 0.4) is 0 Å². The van der Waals surface area contributed by atoms with Crippen LogP contribution in [0.1, 0.15) is 11.3 Å². The number of benzene rings is 2. The molecule has 0 aliphatic heterocycles. The number of rotatable bonds is 6. The molecule has 0 bridgehead atoms. The molecule has 146 valence electrons. The van der Waals surface area contributed by atoms with Gasteiger partial charge in [0.15, 0.2) is 12.3 Å². The zero-order chi connectivity index (χ0) is 20.1. The Labute approximate surface area is 163 Å². The summed E-state index contributed by atoms with van der Waals surface area (Å²) >= 11 is 5.95. The van der Waals surface area contributed by atoms with Crippen LogP contribution in [0.25, 0.3) is 5.69 Å². The Morgan fingerprint density at radius 2 is 1.82 bits per heavy atom. The van der Waals surface area contributed by atoms with E-state index in [0.29, 0.717) is 16.5 Å². The Hall–Kier alpha value is -3.00. The van der Waals surface area contributed by atoms with Crippen molar-refractivity contribution in [3.63, 3.8) is 0 Å². The molecule has 0 aliphatic carbocycles. The van der Waals surface area contributed by atoms with Crippen LogP contribution in [0, 0.1) is 0 Å². The number of nitrogens with zero attached hydrogens (tertiary/aromatic N) is 2. The predicted molar refractivity (Wildman–Crippen MR) is 97.4 cm³/mol. The third kappa shape index (κ3) is 5.04. The van der Waals surface area contributed by atoms with Gasteiger partial charge in [-0.25, -0.2) is 4.68 Å². The van der Waals surface area contributed by atoms with Gasteiger partial charge < -0.3 is 10.1 Å². The van der Waals surface area contributed by atoms with E-state index in [2.05, 4.69) is 10.4 Å². The normalized spacial score (nSPS) is 11.3. The van der Waals surface area contributed by atoms with E-state index >= 15 is 0 Å². The molecule has 9 heteroatoms. The first-order valence-electron chi connectivity index (χ1n) is 8.19. The maximum absolute atomic E-state index is 12.6. The molecule has 1 heterocycles. The Kier molecular flexibility index (Phi) is 5.89.